The third-order valence-electron chi connectivity index (χ3n) is 4.78. The van der Waals surface area contributed by atoms with E-state index in [0.29, 0.717) is 38.3 Å². The van der Waals surface area contributed by atoms with E-state index < -0.39 is 17.8 Å². The molecule has 1 saturated heterocycles. The molecule has 8 heteroatoms. The first-order valence-corrected chi connectivity index (χ1v) is 9.13. The molecule has 1 aliphatic rings. The maximum atomic E-state index is 12.8. The number of rotatable bonds is 5. The molecule has 0 aliphatic carbocycles. The van der Waals surface area contributed by atoms with Crippen molar-refractivity contribution >= 4 is 11.8 Å². The van der Waals surface area contributed by atoms with Gasteiger partial charge in [-0.2, -0.15) is 13.2 Å². The monoisotopic (exact) mass is 386 g/mol. The topological polar surface area (TPSA) is 53.9 Å². The van der Waals surface area contributed by atoms with Crippen LogP contribution in [0.3, 0.4) is 0 Å². The van der Waals surface area contributed by atoms with Crippen LogP contribution in [0.15, 0.2) is 24.3 Å². The van der Waals surface area contributed by atoms with Crippen LogP contribution in [0.4, 0.5) is 13.2 Å². The predicted octanol–water partition coefficient (Wildman–Crippen LogP) is 1.09. The number of alkyl halides is 3. The summed E-state index contributed by atoms with van der Waals surface area (Å²) in [5.74, 6) is -0.355. The fourth-order valence-corrected chi connectivity index (χ4v) is 3.30. The molecule has 1 atom stereocenters. The highest BCUT2D eigenvalue weighted by Gasteiger charge is 2.32. The molecule has 5 nitrogen and oxygen atoms in total. The molecule has 0 aromatic heterocycles. The summed E-state index contributed by atoms with van der Waals surface area (Å²) in [6.45, 7) is 8.01. The van der Waals surface area contributed by atoms with Gasteiger partial charge in [0.2, 0.25) is 11.8 Å². The lowest BCUT2D eigenvalue weighted by atomic mass is 10.0. The Morgan fingerprint density at radius 3 is 2.37 bits per heavy atom. The van der Waals surface area contributed by atoms with Gasteiger partial charge < -0.3 is 15.1 Å². The first-order chi connectivity index (χ1) is 12.6. The molecule has 2 amide bonds. The van der Waals surface area contributed by atoms with Gasteiger partial charge in [-0.25, -0.2) is 0 Å². The van der Waals surface area contributed by atoms with Crippen molar-refractivity contribution in [2.45, 2.75) is 39.5 Å². The zero-order valence-electron chi connectivity index (χ0n) is 15.9. The fraction of sp³-hybridized carbons (Fsp3) is 0.579. The van der Waals surface area contributed by atoms with Crippen molar-refractivity contribution in [3.8, 4) is 0 Å². The second-order valence-corrected chi connectivity index (χ2v) is 7.37. The van der Waals surface area contributed by atoms with Crippen molar-refractivity contribution in [3.05, 3.63) is 35.4 Å². The van der Waals surface area contributed by atoms with E-state index >= 15 is 0 Å². The molecule has 0 saturated carbocycles. The minimum atomic E-state index is -4.34. The van der Waals surface area contributed by atoms with E-state index in [1.54, 1.807) is 11.0 Å². The van der Waals surface area contributed by atoms with Crippen molar-refractivity contribution in [2.24, 2.45) is 5.92 Å². The number of quaternary nitrogens is 1. The maximum Gasteiger partial charge on any atom is 0.416 e. The van der Waals surface area contributed by atoms with Crippen LogP contribution in [0.25, 0.3) is 0 Å². The molecule has 2 N–H and O–H groups in total. The second-order valence-electron chi connectivity index (χ2n) is 7.37. The Morgan fingerprint density at radius 2 is 1.85 bits per heavy atom. The van der Waals surface area contributed by atoms with Crippen molar-refractivity contribution in [2.75, 3.05) is 26.2 Å². The summed E-state index contributed by atoms with van der Waals surface area (Å²) in [7, 11) is 0. The number of hydrogen-bond donors (Lipinski definition) is 2. The highest BCUT2D eigenvalue weighted by atomic mass is 19.4. The Morgan fingerprint density at radius 1 is 1.22 bits per heavy atom. The molecule has 1 heterocycles. The summed E-state index contributed by atoms with van der Waals surface area (Å²) in [6.07, 6.45) is -4.34. The van der Waals surface area contributed by atoms with Gasteiger partial charge in [0.1, 0.15) is 12.6 Å². The summed E-state index contributed by atoms with van der Waals surface area (Å²) >= 11 is 0. The second kappa shape index (κ2) is 8.73. The Labute approximate surface area is 157 Å². The molecule has 0 spiro atoms. The number of piperazine rings is 1. The van der Waals surface area contributed by atoms with Gasteiger partial charge in [-0.15, -0.1) is 0 Å². The first-order valence-electron chi connectivity index (χ1n) is 9.13. The highest BCUT2D eigenvalue weighted by Crippen LogP contribution is 2.29. The number of amides is 2. The molecule has 0 unspecified atom stereocenters. The zero-order valence-corrected chi connectivity index (χ0v) is 15.9. The molecule has 0 radical (unpaired) electrons. The van der Waals surface area contributed by atoms with Crippen LogP contribution >= 0.6 is 0 Å². The van der Waals surface area contributed by atoms with E-state index in [0.717, 1.165) is 11.0 Å². The van der Waals surface area contributed by atoms with Crippen LogP contribution in [0.2, 0.25) is 0 Å². The van der Waals surface area contributed by atoms with E-state index in [1.165, 1.54) is 19.1 Å². The van der Waals surface area contributed by atoms with Gasteiger partial charge in [0.25, 0.3) is 0 Å². The number of nitrogens with one attached hydrogen (secondary N) is 2. The largest absolute Gasteiger partial charge is 0.416 e. The van der Waals surface area contributed by atoms with Crippen molar-refractivity contribution in [3.63, 3.8) is 0 Å². The average molecular weight is 386 g/mol. The molecule has 2 rings (SSSR count). The number of nitrogens with zero attached hydrogens (tertiary/aromatic N) is 1. The maximum absolute atomic E-state index is 12.8. The smallest absolute Gasteiger partial charge is 0.344 e. The predicted molar refractivity (Wildman–Crippen MR) is 94.9 cm³/mol. The summed E-state index contributed by atoms with van der Waals surface area (Å²) in [6, 6.07) is 4.84. The summed E-state index contributed by atoms with van der Waals surface area (Å²) in [4.78, 5) is 26.9. The summed E-state index contributed by atoms with van der Waals surface area (Å²) in [5, 5.41) is 2.70. The Hall–Kier alpha value is -2.09. The molecule has 1 fully saturated rings. The molecular weight excluding hydrogens is 359 g/mol. The van der Waals surface area contributed by atoms with Gasteiger partial charge >= 0.3 is 6.18 Å². The van der Waals surface area contributed by atoms with E-state index in [4.69, 9.17) is 0 Å². The lowest BCUT2D eigenvalue weighted by molar-refractivity contribution is -0.917. The van der Waals surface area contributed by atoms with Crippen LogP contribution in [0, 0.1) is 5.92 Å². The number of halogens is 3. The number of carbonyl (C=O) groups excluding carboxylic acids is 2. The van der Waals surface area contributed by atoms with Crippen LogP contribution < -0.4 is 10.2 Å². The van der Waals surface area contributed by atoms with Crippen LogP contribution in [0.1, 0.15) is 31.9 Å². The summed E-state index contributed by atoms with van der Waals surface area (Å²) < 4.78 is 38.5. The standard InChI is InChI=1S/C19H26F3N3O2/c1-13(2)17(23-14(3)26)18(27)25-9-7-24(8-10-25)12-15-5-4-6-16(11-15)19(20,21)22/h4-6,11,13,17H,7-10,12H2,1-3H3,(H,23,26)/p+1/t17-/m1/s1. The van der Waals surface area contributed by atoms with Crippen molar-refractivity contribution in [1.29, 1.82) is 0 Å². The van der Waals surface area contributed by atoms with E-state index in [1.807, 2.05) is 13.8 Å². The van der Waals surface area contributed by atoms with Gasteiger partial charge in [-0.1, -0.05) is 26.0 Å². The molecule has 27 heavy (non-hydrogen) atoms. The molecule has 1 aromatic rings. The van der Waals surface area contributed by atoms with Gasteiger partial charge in [-0.3, -0.25) is 9.59 Å². The van der Waals surface area contributed by atoms with Gasteiger partial charge in [0.05, 0.1) is 31.7 Å². The average Bonchev–Trinajstić information content (AvgIpc) is 2.59. The third kappa shape index (κ3) is 5.95. The summed E-state index contributed by atoms with van der Waals surface area (Å²) in [5.41, 5.74) is 0.00111. The van der Waals surface area contributed by atoms with Gasteiger partial charge in [0, 0.05) is 12.5 Å². The Bertz CT molecular complexity index is 668. The lowest BCUT2D eigenvalue weighted by Crippen LogP contribution is -3.13. The van der Waals surface area contributed by atoms with Crippen molar-refractivity contribution < 1.29 is 27.7 Å². The SMILES string of the molecule is CC(=O)N[C@@H](C(=O)N1CC[NH+](Cc2cccc(C(F)(F)F)c2)CC1)C(C)C. The van der Waals surface area contributed by atoms with E-state index in [2.05, 4.69) is 5.32 Å². The molecule has 150 valence electrons. The molecule has 1 aromatic carbocycles. The minimum absolute atomic E-state index is 0.0168. The van der Waals surface area contributed by atoms with Crippen LogP contribution in [-0.4, -0.2) is 48.9 Å². The third-order valence-corrected chi connectivity index (χ3v) is 4.78. The number of hydrogen-bond acceptors (Lipinski definition) is 2. The highest BCUT2D eigenvalue weighted by molar-refractivity contribution is 5.87. The van der Waals surface area contributed by atoms with Crippen LogP contribution in [0.5, 0.6) is 0 Å². The quantitative estimate of drug-likeness (QED) is 0.796. The number of benzene rings is 1. The normalized spacial score (nSPS) is 17.1. The van der Waals surface area contributed by atoms with E-state index in [9.17, 15) is 22.8 Å². The Kier molecular flexibility index (Phi) is 6.86. The zero-order chi connectivity index (χ0) is 20.2. The lowest BCUT2D eigenvalue weighted by Gasteiger charge is -2.35. The van der Waals surface area contributed by atoms with Gasteiger partial charge in [0.15, 0.2) is 0 Å². The molecule has 0 bridgehead atoms. The number of carbonyl (C=O) groups is 2. The molecular formula is C19H27F3N3O2+. The Balaban J connectivity index is 1.93. The fourth-order valence-electron chi connectivity index (χ4n) is 3.30. The van der Waals surface area contributed by atoms with Gasteiger partial charge in [-0.05, 0) is 18.1 Å². The first kappa shape index (κ1) is 21.2. The van der Waals surface area contributed by atoms with Crippen molar-refractivity contribution in [1.82, 2.24) is 10.2 Å². The molecule has 1 aliphatic heterocycles. The van der Waals surface area contributed by atoms with E-state index in [-0.39, 0.29) is 17.7 Å². The minimum Gasteiger partial charge on any atom is -0.344 e. The van der Waals surface area contributed by atoms with Crippen LogP contribution in [-0.2, 0) is 22.3 Å².